The lowest BCUT2D eigenvalue weighted by atomic mass is 10.0. The van der Waals surface area contributed by atoms with Gasteiger partial charge in [0.1, 0.15) is 0 Å². The van der Waals surface area contributed by atoms with Gasteiger partial charge in [0.2, 0.25) is 0 Å². The maximum Gasteiger partial charge on any atom is 0.0741 e. The van der Waals surface area contributed by atoms with Gasteiger partial charge in [0.25, 0.3) is 0 Å². The summed E-state index contributed by atoms with van der Waals surface area (Å²) in [5.41, 5.74) is 1.08. The van der Waals surface area contributed by atoms with Crippen molar-refractivity contribution >= 4 is 11.6 Å². The van der Waals surface area contributed by atoms with Crippen LogP contribution in [0.15, 0.2) is 30.3 Å². The molecule has 2 atom stereocenters. The molecule has 0 saturated carbocycles. The summed E-state index contributed by atoms with van der Waals surface area (Å²) in [5.74, 6) is 0. The fourth-order valence-corrected chi connectivity index (χ4v) is 1.70. The zero-order chi connectivity index (χ0) is 11.8. The molecule has 0 heterocycles. The molecule has 0 fully saturated rings. The quantitative estimate of drug-likeness (QED) is 0.720. The van der Waals surface area contributed by atoms with Gasteiger partial charge in [-0.15, -0.1) is 11.6 Å². The van der Waals surface area contributed by atoms with Crippen molar-refractivity contribution in [1.29, 1.82) is 0 Å². The number of halogens is 1. The summed E-state index contributed by atoms with van der Waals surface area (Å²) in [6.07, 6.45) is 6.14. The zero-order valence-corrected chi connectivity index (χ0v) is 10.4. The summed E-state index contributed by atoms with van der Waals surface area (Å²) in [5, 5.41) is 9.61. The molecule has 0 bridgehead atoms. The SMILES string of the molecule is CCCCC(Cl)C(O)[CH][CH]c1ccccc1. The van der Waals surface area contributed by atoms with Crippen molar-refractivity contribution in [2.75, 3.05) is 0 Å². The summed E-state index contributed by atoms with van der Waals surface area (Å²) in [4.78, 5) is 0. The van der Waals surface area contributed by atoms with Gasteiger partial charge in [-0.1, -0.05) is 50.1 Å². The van der Waals surface area contributed by atoms with Crippen LogP contribution in [0.1, 0.15) is 31.7 Å². The minimum Gasteiger partial charge on any atom is -0.391 e. The van der Waals surface area contributed by atoms with Gasteiger partial charge in [-0.3, -0.25) is 0 Å². The van der Waals surface area contributed by atoms with Crippen molar-refractivity contribution in [2.24, 2.45) is 0 Å². The van der Waals surface area contributed by atoms with E-state index in [2.05, 4.69) is 6.92 Å². The van der Waals surface area contributed by atoms with Gasteiger partial charge >= 0.3 is 0 Å². The highest BCUT2D eigenvalue weighted by Crippen LogP contribution is 2.16. The molecule has 1 rings (SSSR count). The van der Waals surface area contributed by atoms with E-state index >= 15 is 0 Å². The van der Waals surface area contributed by atoms with Crippen LogP contribution in [0.4, 0.5) is 0 Å². The van der Waals surface area contributed by atoms with Crippen LogP contribution < -0.4 is 0 Å². The van der Waals surface area contributed by atoms with Gasteiger partial charge in [0.05, 0.1) is 11.5 Å². The molecule has 1 N–H and O–H groups in total. The Kier molecular flexibility index (Phi) is 6.51. The lowest BCUT2D eigenvalue weighted by molar-refractivity contribution is 0.199. The molecule has 88 valence electrons. The zero-order valence-electron chi connectivity index (χ0n) is 9.64. The Morgan fingerprint density at radius 1 is 1.31 bits per heavy atom. The van der Waals surface area contributed by atoms with Gasteiger partial charge < -0.3 is 5.11 Å². The maximum atomic E-state index is 9.79. The molecule has 0 aromatic heterocycles. The monoisotopic (exact) mass is 238 g/mol. The summed E-state index contributed by atoms with van der Waals surface area (Å²) < 4.78 is 0. The first-order valence-electron chi connectivity index (χ1n) is 5.79. The summed E-state index contributed by atoms with van der Waals surface area (Å²) in [6.45, 7) is 2.12. The molecule has 1 aromatic carbocycles. The summed E-state index contributed by atoms with van der Waals surface area (Å²) in [6, 6.07) is 9.92. The molecular weight excluding hydrogens is 220 g/mol. The Morgan fingerprint density at radius 2 is 2.00 bits per heavy atom. The lowest BCUT2D eigenvalue weighted by Gasteiger charge is -2.16. The first-order chi connectivity index (χ1) is 7.74. The van der Waals surface area contributed by atoms with Crippen LogP contribution in [0.25, 0.3) is 0 Å². The van der Waals surface area contributed by atoms with Crippen molar-refractivity contribution in [3.63, 3.8) is 0 Å². The van der Waals surface area contributed by atoms with Crippen LogP contribution in [0.5, 0.6) is 0 Å². The van der Waals surface area contributed by atoms with Crippen molar-refractivity contribution in [3.05, 3.63) is 48.7 Å². The second-order valence-corrected chi connectivity index (χ2v) is 4.48. The number of hydrogen-bond donors (Lipinski definition) is 1. The standard InChI is InChI=1S/C14H19ClO/c1-2-3-9-13(15)14(16)11-10-12-7-5-4-6-8-12/h4-8,10-11,13-14,16H,2-3,9H2,1H3. The minimum atomic E-state index is -0.562. The molecule has 16 heavy (non-hydrogen) atoms. The first-order valence-corrected chi connectivity index (χ1v) is 6.23. The number of aliphatic hydroxyl groups is 1. The van der Waals surface area contributed by atoms with Gasteiger partial charge in [-0.25, -0.2) is 0 Å². The molecule has 2 unspecified atom stereocenters. The van der Waals surface area contributed by atoms with Crippen LogP contribution in [-0.2, 0) is 0 Å². The van der Waals surface area contributed by atoms with Gasteiger partial charge in [0, 0.05) is 0 Å². The van der Waals surface area contributed by atoms with Crippen molar-refractivity contribution in [3.8, 4) is 0 Å². The third-order valence-electron chi connectivity index (χ3n) is 2.49. The molecule has 0 spiro atoms. The number of aliphatic hydroxyl groups excluding tert-OH is 1. The predicted octanol–water partition coefficient (Wildman–Crippen LogP) is 3.60. The molecule has 2 heteroatoms. The topological polar surface area (TPSA) is 20.2 Å². The van der Waals surface area contributed by atoms with E-state index in [0.29, 0.717) is 0 Å². The second-order valence-electron chi connectivity index (χ2n) is 3.92. The van der Waals surface area contributed by atoms with Crippen LogP contribution >= 0.6 is 11.6 Å². The summed E-state index contributed by atoms with van der Waals surface area (Å²) >= 11 is 6.08. The highest BCUT2D eigenvalue weighted by atomic mass is 35.5. The highest BCUT2D eigenvalue weighted by Gasteiger charge is 2.15. The van der Waals surface area contributed by atoms with Crippen LogP contribution in [-0.4, -0.2) is 16.6 Å². The average molecular weight is 239 g/mol. The third kappa shape index (κ3) is 5.00. The molecule has 1 aromatic rings. The Morgan fingerprint density at radius 3 is 2.62 bits per heavy atom. The van der Waals surface area contributed by atoms with E-state index in [4.69, 9.17) is 11.6 Å². The molecule has 2 radical (unpaired) electrons. The van der Waals surface area contributed by atoms with Crippen molar-refractivity contribution in [2.45, 2.75) is 37.7 Å². The molecule has 0 aliphatic carbocycles. The Labute approximate surface area is 103 Å². The fourth-order valence-electron chi connectivity index (χ4n) is 1.46. The number of rotatable bonds is 7. The van der Waals surface area contributed by atoms with E-state index in [1.807, 2.05) is 36.8 Å². The lowest BCUT2D eigenvalue weighted by Crippen LogP contribution is -2.21. The van der Waals surface area contributed by atoms with Gasteiger partial charge in [0.15, 0.2) is 0 Å². The van der Waals surface area contributed by atoms with E-state index in [1.54, 1.807) is 6.42 Å². The molecule has 0 aliphatic heterocycles. The fraction of sp³-hybridized carbons (Fsp3) is 0.429. The normalized spacial score (nSPS) is 14.7. The highest BCUT2D eigenvalue weighted by molar-refractivity contribution is 6.21. The second kappa shape index (κ2) is 7.70. The molecule has 0 amide bonds. The predicted molar refractivity (Wildman–Crippen MR) is 69.3 cm³/mol. The van der Waals surface area contributed by atoms with Gasteiger partial charge in [-0.2, -0.15) is 0 Å². The van der Waals surface area contributed by atoms with Crippen LogP contribution in [0.3, 0.4) is 0 Å². The van der Waals surface area contributed by atoms with Crippen molar-refractivity contribution in [1.82, 2.24) is 0 Å². The van der Waals surface area contributed by atoms with E-state index in [-0.39, 0.29) is 5.38 Å². The molecule has 0 saturated heterocycles. The Balaban J connectivity index is 2.26. The number of hydrogen-bond acceptors (Lipinski definition) is 1. The average Bonchev–Trinajstić information content (AvgIpc) is 2.34. The van der Waals surface area contributed by atoms with E-state index < -0.39 is 6.10 Å². The van der Waals surface area contributed by atoms with E-state index in [0.717, 1.165) is 24.8 Å². The minimum absolute atomic E-state index is 0.181. The number of unbranched alkanes of at least 4 members (excludes halogenated alkanes) is 1. The van der Waals surface area contributed by atoms with E-state index in [9.17, 15) is 5.11 Å². The largest absolute Gasteiger partial charge is 0.391 e. The smallest absolute Gasteiger partial charge is 0.0741 e. The number of benzene rings is 1. The molecule has 1 nitrogen and oxygen atoms in total. The van der Waals surface area contributed by atoms with Crippen LogP contribution in [0, 0.1) is 12.8 Å². The third-order valence-corrected chi connectivity index (χ3v) is 2.97. The van der Waals surface area contributed by atoms with E-state index in [1.165, 1.54) is 0 Å². The van der Waals surface area contributed by atoms with Gasteiger partial charge in [-0.05, 0) is 24.8 Å². The number of alkyl halides is 1. The first kappa shape index (κ1) is 13.5. The Hall–Kier alpha value is -0.530. The summed E-state index contributed by atoms with van der Waals surface area (Å²) in [7, 11) is 0. The molecule has 0 aliphatic rings. The molecular formula is C14H19ClO. The van der Waals surface area contributed by atoms with Crippen LogP contribution in [0.2, 0.25) is 0 Å². The maximum absolute atomic E-state index is 9.79. The van der Waals surface area contributed by atoms with Crippen molar-refractivity contribution < 1.29 is 5.11 Å². The Bertz CT molecular complexity index is 273.